The normalized spacial score (nSPS) is 28.1. The molecule has 122 valence electrons. The zero-order chi connectivity index (χ0) is 14.8. The summed E-state index contributed by atoms with van der Waals surface area (Å²) in [4.78, 5) is 17.7. The third kappa shape index (κ3) is 3.92. The van der Waals surface area contributed by atoms with Crippen LogP contribution in [0.2, 0.25) is 0 Å². The monoisotopic (exact) mass is 434 g/mol. The minimum absolute atomic E-state index is 0. The summed E-state index contributed by atoms with van der Waals surface area (Å²) in [5.74, 6) is 0.842. The van der Waals surface area contributed by atoms with Crippen LogP contribution in [-0.2, 0) is 4.79 Å². The summed E-state index contributed by atoms with van der Waals surface area (Å²) in [6, 6.07) is 2.81. The molecule has 3 rings (SSSR count). The molecule has 1 saturated carbocycles. The van der Waals surface area contributed by atoms with Crippen LogP contribution in [0.3, 0.4) is 0 Å². The molecule has 0 spiro atoms. The van der Waals surface area contributed by atoms with Crippen molar-refractivity contribution in [3.63, 3.8) is 0 Å². The number of hydrogen-bond donors (Lipinski definition) is 2. The molecule has 0 bridgehead atoms. The fourth-order valence-corrected chi connectivity index (χ4v) is 4.08. The van der Waals surface area contributed by atoms with Crippen LogP contribution in [-0.4, -0.2) is 29.4 Å². The Hall–Kier alpha value is -0.830. The zero-order valence-electron chi connectivity index (χ0n) is 12.5. The van der Waals surface area contributed by atoms with Gasteiger partial charge in [-0.2, -0.15) is 11.3 Å². The Morgan fingerprint density at radius 3 is 2.82 bits per heavy atom. The van der Waals surface area contributed by atoms with E-state index in [0.717, 1.165) is 32.2 Å². The van der Waals surface area contributed by atoms with Crippen molar-refractivity contribution in [2.24, 2.45) is 22.4 Å². The lowest BCUT2D eigenvalue weighted by molar-refractivity contribution is -0.119. The van der Waals surface area contributed by atoms with Crippen LogP contribution in [0.1, 0.15) is 43.7 Å². The van der Waals surface area contributed by atoms with Gasteiger partial charge in [-0.25, -0.2) is 4.99 Å². The zero-order valence-corrected chi connectivity index (χ0v) is 15.6. The lowest BCUT2D eigenvalue weighted by atomic mass is 9.78. The summed E-state index contributed by atoms with van der Waals surface area (Å²) in [5.41, 5.74) is 12.8. The summed E-state index contributed by atoms with van der Waals surface area (Å²) in [6.07, 6.45) is 4.64. The second-order valence-corrected chi connectivity index (χ2v) is 6.84. The number of guanidine groups is 1. The predicted octanol–water partition coefficient (Wildman–Crippen LogP) is 2.47. The van der Waals surface area contributed by atoms with Gasteiger partial charge >= 0.3 is 0 Å². The van der Waals surface area contributed by atoms with Crippen LogP contribution in [0.5, 0.6) is 0 Å². The van der Waals surface area contributed by atoms with Gasteiger partial charge in [0.25, 0.3) is 0 Å². The summed E-state index contributed by atoms with van der Waals surface area (Å²) >= 11 is 1.72. The predicted molar refractivity (Wildman–Crippen MR) is 100 cm³/mol. The molecule has 7 heteroatoms. The minimum Gasteiger partial charge on any atom is -0.370 e. The molecule has 0 radical (unpaired) electrons. The van der Waals surface area contributed by atoms with E-state index in [4.69, 9.17) is 11.5 Å². The molecule has 1 aromatic heterocycles. The highest BCUT2D eigenvalue weighted by molar-refractivity contribution is 14.0. The largest absolute Gasteiger partial charge is 0.370 e. The first-order chi connectivity index (χ1) is 10.1. The summed E-state index contributed by atoms with van der Waals surface area (Å²) in [7, 11) is 0. The number of likely N-dealkylation sites (tertiary alicyclic amines) is 1. The molecule has 1 aliphatic heterocycles. The van der Waals surface area contributed by atoms with Crippen molar-refractivity contribution in [1.29, 1.82) is 0 Å². The van der Waals surface area contributed by atoms with Crippen molar-refractivity contribution in [3.8, 4) is 0 Å². The summed E-state index contributed by atoms with van der Waals surface area (Å²) in [6.45, 7) is 0.979. The van der Waals surface area contributed by atoms with Crippen molar-refractivity contribution in [2.45, 2.75) is 44.2 Å². The van der Waals surface area contributed by atoms with Crippen LogP contribution >= 0.6 is 35.3 Å². The molecule has 0 aromatic carbocycles. The standard InChI is InChI=1S/C15H22N4OS.HI/c16-14(20)8-10-6-12(7-10)18-15(17)19-4-1-2-13(19)11-3-5-21-9-11;/h3,5,9-10,12-13H,1-2,4,6-8H2,(H2,16,20)(H2,17,18);1H. The molecule has 1 amide bonds. The number of primary amides is 1. The van der Waals surface area contributed by atoms with E-state index in [1.807, 2.05) is 0 Å². The number of hydrogen-bond acceptors (Lipinski definition) is 3. The quantitative estimate of drug-likeness (QED) is 0.434. The number of carbonyl (C=O) groups is 1. The SMILES string of the molecule is I.NC(=O)CC1CC(N=C(N)N2CCCC2c2ccsc2)C1. The molecule has 4 N–H and O–H groups in total. The Morgan fingerprint density at radius 1 is 1.41 bits per heavy atom. The Labute approximate surface area is 152 Å². The van der Waals surface area contributed by atoms with E-state index in [0.29, 0.717) is 24.3 Å². The van der Waals surface area contributed by atoms with Gasteiger partial charge in [-0.1, -0.05) is 0 Å². The third-order valence-corrected chi connectivity index (χ3v) is 5.19. The summed E-state index contributed by atoms with van der Waals surface area (Å²) in [5, 5.41) is 4.31. The first-order valence-electron chi connectivity index (χ1n) is 7.54. The Morgan fingerprint density at radius 2 is 2.18 bits per heavy atom. The maximum Gasteiger partial charge on any atom is 0.217 e. The number of carbonyl (C=O) groups excluding carboxylic acids is 1. The molecule has 1 aliphatic carbocycles. The van der Waals surface area contributed by atoms with E-state index >= 15 is 0 Å². The molecular weight excluding hydrogens is 411 g/mol. The van der Waals surface area contributed by atoms with Crippen LogP contribution < -0.4 is 11.5 Å². The smallest absolute Gasteiger partial charge is 0.217 e. The maximum absolute atomic E-state index is 10.9. The van der Waals surface area contributed by atoms with Crippen LogP contribution in [0, 0.1) is 5.92 Å². The van der Waals surface area contributed by atoms with Gasteiger partial charge in [0.05, 0.1) is 12.1 Å². The molecule has 1 aromatic rings. The van der Waals surface area contributed by atoms with E-state index in [2.05, 4.69) is 26.7 Å². The fraction of sp³-hybridized carbons (Fsp3) is 0.600. The van der Waals surface area contributed by atoms with E-state index in [1.165, 1.54) is 5.56 Å². The number of halogens is 1. The van der Waals surface area contributed by atoms with Crippen LogP contribution in [0.25, 0.3) is 0 Å². The minimum atomic E-state index is -0.215. The van der Waals surface area contributed by atoms with Gasteiger partial charge in [-0.15, -0.1) is 24.0 Å². The second-order valence-electron chi connectivity index (χ2n) is 6.06. The first-order valence-corrected chi connectivity index (χ1v) is 8.48. The molecule has 1 saturated heterocycles. The maximum atomic E-state index is 10.9. The molecule has 1 atom stereocenters. The number of nitrogens with two attached hydrogens (primary N) is 2. The van der Waals surface area contributed by atoms with Gasteiger partial charge in [-0.05, 0) is 54.0 Å². The fourth-order valence-electron chi connectivity index (χ4n) is 3.37. The number of amides is 1. The van der Waals surface area contributed by atoms with Crippen molar-refractivity contribution in [1.82, 2.24) is 4.90 Å². The van der Waals surface area contributed by atoms with E-state index < -0.39 is 0 Å². The van der Waals surface area contributed by atoms with Gasteiger partial charge in [-0.3, -0.25) is 4.79 Å². The van der Waals surface area contributed by atoms with Gasteiger partial charge in [0, 0.05) is 13.0 Å². The topological polar surface area (TPSA) is 84.7 Å². The van der Waals surface area contributed by atoms with E-state index in [9.17, 15) is 4.79 Å². The number of thiophene rings is 1. The lowest BCUT2D eigenvalue weighted by Gasteiger charge is -2.33. The van der Waals surface area contributed by atoms with Crippen LogP contribution in [0.4, 0.5) is 0 Å². The Balaban J connectivity index is 0.00000176. The molecular formula is C15H23IN4OS. The second kappa shape index (κ2) is 7.63. The third-order valence-electron chi connectivity index (χ3n) is 4.49. The average Bonchev–Trinajstić information content (AvgIpc) is 3.05. The molecule has 2 heterocycles. The van der Waals surface area contributed by atoms with Crippen molar-refractivity contribution < 1.29 is 4.79 Å². The van der Waals surface area contributed by atoms with Crippen molar-refractivity contribution in [3.05, 3.63) is 22.4 Å². The van der Waals surface area contributed by atoms with Gasteiger partial charge < -0.3 is 16.4 Å². The van der Waals surface area contributed by atoms with Gasteiger partial charge in [0.15, 0.2) is 5.96 Å². The highest BCUT2D eigenvalue weighted by Gasteiger charge is 2.32. The highest BCUT2D eigenvalue weighted by atomic mass is 127. The van der Waals surface area contributed by atoms with Crippen molar-refractivity contribution >= 4 is 47.2 Å². The van der Waals surface area contributed by atoms with E-state index in [1.54, 1.807) is 11.3 Å². The number of rotatable bonds is 4. The summed E-state index contributed by atoms with van der Waals surface area (Å²) < 4.78 is 0. The van der Waals surface area contributed by atoms with Crippen molar-refractivity contribution in [2.75, 3.05) is 6.54 Å². The lowest BCUT2D eigenvalue weighted by Crippen LogP contribution is -2.40. The highest BCUT2D eigenvalue weighted by Crippen LogP contribution is 2.35. The Bertz CT molecular complexity index is 528. The number of aliphatic imine (C=N–C) groups is 1. The average molecular weight is 434 g/mol. The molecule has 22 heavy (non-hydrogen) atoms. The molecule has 1 unspecified atom stereocenters. The first kappa shape index (κ1) is 17.5. The molecule has 2 fully saturated rings. The van der Waals surface area contributed by atoms with E-state index in [-0.39, 0.29) is 35.9 Å². The van der Waals surface area contributed by atoms with Crippen LogP contribution in [0.15, 0.2) is 21.8 Å². The number of nitrogens with zero attached hydrogens (tertiary/aromatic N) is 2. The molecule has 5 nitrogen and oxygen atoms in total. The Kier molecular flexibility index (Phi) is 6.08. The molecule has 2 aliphatic rings. The van der Waals surface area contributed by atoms with Gasteiger partial charge in [0.2, 0.25) is 5.91 Å². The van der Waals surface area contributed by atoms with Gasteiger partial charge in [0.1, 0.15) is 0 Å².